The Kier molecular flexibility index (Phi) is 3.46. The standard InChI is InChI=1S/C14H15FN2O/c1-10(11-5-3-6-12(15)9-11)16-14(18)13-7-4-8-17(13)2/h3-10H,1-2H3,(H,16,18). The van der Waals surface area contributed by atoms with Crippen LogP contribution in [-0.2, 0) is 7.05 Å². The van der Waals surface area contributed by atoms with Gasteiger partial charge in [0.05, 0.1) is 6.04 Å². The minimum Gasteiger partial charge on any atom is -0.347 e. The second kappa shape index (κ2) is 5.04. The monoisotopic (exact) mass is 246 g/mol. The summed E-state index contributed by atoms with van der Waals surface area (Å²) in [5, 5.41) is 2.84. The Balaban J connectivity index is 2.10. The fourth-order valence-corrected chi connectivity index (χ4v) is 1.83. The molecule has 1 aromatic carbocycles. The molecular formula is C14H15FN2O. The summed E-state index contributed by atoms with van der Waals surface area (Å²) in [6, 6.07) is 9.55. The van der Waals surface area contributed by atoms with Gasteiger partial charge in [-0.15, -0.1) is 0 Å². The number of aryl methyl sites for hydroxylation is 1. The molecule has 0 spiro atoms. The first-order valence-electron chi connectivity index (χ1n) is 5.75. The highest BCUT2D eigenvalue weighted by Gasteiger charge is 2.13. The number of hydrogen-bond donors (Lipinski definition) is 1. The number of benzene rings is 1. The molecule has 1 aromatic heterocycles. The van der Waals surface area contributed by atoms with Crippen molar-refractivity contribution in [1.82, 2.24) is 9.88 Å². The van der Waals surface area contributed by atoms with Gasteiger partial charge in [-0.1, -0.05) is 12.1 Å². The predicted molar refractivity (Wildman–Crippen MR) is 67.7 cm³/mol. The van der Waals surface area contributed by atoms with Crippen molar-refractivity contribution < 1.29 is 9.18 Å². The molecule has 1 atom stereocenters. The third kappa shape index (κ3) is 2.59. The SMILES string of the molecule is CC(NC(=O)c1cccn1C)c1cccc(F)c1. The van der Waals surface area contributed by atoms with Crippen LogP contribution in [0.5, 0.6) is 0 Å². The molecular weight excluding hydrogens is 231 g/mol. The zero-order valence-corrected chi connectivity index (χ0v) is 10.4. The van der Waals surface area contributed by atoms with Crippen LogP contribution < -0.4 is 5.32 Å². The van der Waals surface area contributed by atoms with Gasteiger partial charge in [0, 0.05) is 13.2 Å². The highest BCUT2D eigenvalue weighted by Crippen LogP contribution is 2.14. The molecule has 1 amide bonds. The molecule has 2 aromatic rings. The largest absolute Gasteiger partial charge is 0.347 e. The molecule has 0 aliphatic carbocycles. The summed E-state index contributed by atoms with van der Waals surface area (Å²) in [6.45, 7) is 1.83. The zero-order valence-electron chi connectivity index (χ0n) is 10.4. The van der Waals surface area contributed by atoms with Crippen LogP contribution >= 0.6 is 0 Å². The maximum absolute atomic E-state index is 13.1. The fourth-order valence-electron chi connectivity index (χ4n) is 1.83. The molecule has 2 rings (SSSR count). The molecule has 0 aliphatic rings. The molecule has 0 saturated heterocycles. The van der Waals surface area contributed by atoms with Crippen molar-refractivity contribution in [2.45, 2.75) is 13.0 Å². The van der Waals surface area contributed by atoms with Gasteiger partial charge in [-0.05, 0) is 36.8 Å². The smallest absolute Gasteiger partial charge is 0.268 e. The van der Waals surface area contributed by atoms with E-state index in [1.165, 1.54) is 12.1 Å². The average molecular weight is 246 g/mol. The van der Waals surface area contributed by atoms with Crippen molar-refractivity contribution in [2.24, 2.45) is 7.05 Å². The van der Waals surface area contributed by atoms with Gasteiger partial charge in [-0.2, -0.15) is 0 Å². The number of rotatable bonds is 3. The summed E-state index contributed by atoms with van der Waals surface area (Å²) >= 11 is 0. The van der Waals surface area contributed by atoms with Crippen LogP contribution in [0.3, 0.4) is 0 Å². The van der Waals surface area contributed by atoms with Crippen LogP contribution in [0.15, 0.2) is 42.6 Å². The lowest BCUT2D eigenvalue weighted by Gasteiger charge is -2.14. The maximum atomic E-state index is 13.1. The number of nitrogens with zero attached hydrogens (tertiary/aromatic N) is 1. The highest BCUT2D eigenvalue weighted by molar-refractivity contribution is 5.92. The first kappa shape index (κ1) is 12.4. The minimum atomic E-state index is -0.299. The number of aromatic nitrogens is 1. The molecule has 1 N–H and O–H groups in total. The van der Waals surface area contributed by atoms with E-state index in [9.17, 15) is 9.18 Å². The van der Waals surface area contributed by atoms with Crippen LogP contribution in [0.1, 0.15) is 29.0 Å². The van der Waals surface area contributed by atoms with Crippen molar-refractivity contribution in [1.29, 1.82) is 0 Å². The Hall–Kier alpha value is -2.10. The van der Waals surface area contributed by atoms with E-state index in [2.05, 4.69) is 5.32 Å². The number of halogens is 1. The summed E-state index contributed by atoms with van der Waals surface area (Å²) in [6.07, 6.45) is 1.81. The highest BCUT2D eigenvalue weighted by atomic mass is 19.1. The predicted octanol–water partition coefficient (Wildman–Crippen LogP) is 2.66. The molecule has 0 bridgehead atoms. The third-order valence-electron chi connectivity index (χ3n) is 2.87. The van der Waals surface area contributed by atoms with Crippen LogP contribution in [0.25, 0.3) is 0 Å². The molecule has 1 heterocycles. The Morgan fingerprint density at radius 3 is 2.72 bits per heavy atom. The number of carbonyl (C=O) groups is 1. The lowest BCUT2D eigenvalue weighted by molar-refractivity contribution is 0.0931. The molecule has 0 radical (unpaired) electrons. The Bertz CT molecular complexity index is 562. The van der Waals surface area contributed by atoms with Gasteiger partial charge in [0.2, 0.25) is 0 Å². The van der Waals surface area contributed by atoms with Crippen LogP contribution in [0, 0.1) is 5.82 Å². The first-order valence-corrected chi connectivity index (χ1v) is 5.75. The van der Waals surface area contributed by atoms with Gasteiger partial charge < -0.3 is 9.88 Å². The lowest BCUT2D eigenvalue weighted by atomic mass is 10.1. The molecule has 0 fully saturated rings. The van der Waals surface area contributed by atoms with Gasteiger partial charge >= 0.3 is 0 Å². The van der Waals surface area contributed by atoms with E-state index in [0.717, 1.165) is 5.56 Å². The Morgan fingerprint density at radius 1 is 1.33 bits per heavy atom. The molecule has 0 saturated carbocycles. The zero-order chi connectivity index (χ0) is 13.1. The van der Waals surface area contributed by atoms with Crippen molar-refractivity contribution in [3.63, 3.8) is 0 Å². The van der Waals surface area contributed by atoms with Crippen LogP contribution in [-0.4, -0.2) is 10.5 Å². The van der Waals surface area contributed by atoms with Gasteiger partial charge in [0.1, 0.15) is 11.5 Å². The molecule has 94 valence electrons. The summed E-state index contributed by atoms with van der Waals surface area (Å²) < 4.78 is 14.8. The Labute approximate surface area is 105 Å². The first-order chi connectivity index (χ1) is 8.58. The van der Waals surface area contributed by atoms with Crippen molar-refractivity contribution in [2.75, 3.05) is 0 Å². The number of amides is 1. The third-order valence-corrected chi connectivity index (χ3v) is 2.87. The molecule has 0 aliphatic heterocycles. The van der Waals surface area contributed by atoms with Gasteiger partial charge in [-0.3, -0.25) is 4.79 Å². The summed E-state index contributed by atoms with van der Waals surface area (Å²) in [5.41, 5.74) is 1.33. The summed E-state index contributed by atoms with van der Waals surface area (Å²) in [5.74, 6) is -0.466. The van der Waals surface area contributed by atoms with E-state index < -0.39 is 0 Å². The minimum absolute atomic E-state index is 0.167. The van der Waals surface area contributed by atoms with Crippen LogP contribution in [0.2, 0.25) is 0 Å². The molecule has 3 nitrogen and oxygen atoms in total. The number of carbonyl (C=O) groups excluding carboxylic acids is 1. The Morgan fingerprint density at radius 2 is 2.11 bits per heavy atom. The maximum Gasteiger partial charge on any atom is 0.268 e. The van der Waals surface area contributed by atoms with Crippen molar-refractivity contribution in [3.05, 3.63) is 59.7 Å². The normalized spacial score (nSPS) is 12.2. The van der Waals surface area contributed by atoms with Crippen molar-refractivity contribution >= 4 is 5.91 Å². The van der Waals surface area contributed by atoms with Crippen LogP contribution in [0.4, 0.5) is 4.39 Å². The fraction of sp³-hybridized carbons (Fsp3) is 0.214. The van der Waals surface area contributed by atoms with Crippen molar-refractivity contribution in [3.8, 4) is 0 Å². The second-order valence-corrected chi connectivity index (χ2v) is 4.25. The summed E-state index contributed by atoms with van der Waals surface area (Å²) in [7, 11) is 1.81. The summed E-state index contributed by atoms with van der Waals surface area (Å²) in [4.78, 5) is 12.0. The van der Waals surface area contributed by atoms with Gasteiger partial charge in [-0.25, -0.2) is 4.39 Å². The molecule has 4 heteroatoms. The van der Waals surface area contributed by atoms with E-state index >= 15 is 0 Å². The topological polar surface area (TPSA) is 34.0 Å². The van der Waals surface area contributed by atoms with E-state index in [1.807, 2.05) is 26.2 Å². The van der Waals surface area contributed by atoms with Gasteiger partial charge in [0.15, 0.2) is 0 Å². The molecule has 18 heavy (non-hydrogen) atoms. The lowest BCUT2D eigenvalue weighted by Crippen LogP contribution is -2.28. The quantitative estimate of drug-likeness (QED) is 0.887. The average Bonchev–Trinajstić information content (AvgIpc) is 2.75. The number of nitrogens with one attached hydrogen (secondary N) is 1. The van der Waals surface area contributed by atoms with Gasteiger partial charge in [0.25, 0.3) is 5.91 Å². The van der Waals surface area contributed by atoms with E-state index in [0.29, 0.717) is 5.69 Å². The molecule has 1 unspecified atom stereocenters. The number of hydrogen-bond acceptors (Lipinski definition) is 1. The van der Waals surface area contributed by atoms with E-state index in [-0.39, 0.29) is 17.8 Å². The van der Waals surface area contributed by atoms with E-state index in [4.69, 9.17) is 0 Å². The van der Waals surface area contributed by atoms with E-state index in [1.54, 1.807) is 22.8 Å². The second-order valence-electron chi connectivity index (χ2n) is 4.25.